The lowest BCUT2D eigenvalue weighted by molar-refractivity contribution is -0.385. The van der Waals surface area contributed by atoms with E-state index in [9.17, 15) is 28.1 Å². The van der Waals surface area contributed by atoms with Crippen LogP contribution < -0.4 is 14.4 Å². The lowest BCUT2D eigenvalue weighted by Crippen LogP contribution is -2.52. The van der Waals surface area contributed by atoms with E-state index in [0.29, 0.717) is 30.7 Å². The van der Waals surface area contributed by atoms with Gasteiger partial charge in [-0.25, -0.2) is 8.42 Å². The Morgan fingerprint density at radius 1 is 1.02 bits per heavy atom. The van der Waals surface area contributed by atoms with Gasteiger partial charge in [-0.05, 0) is 55.7 Å². The second-order valence-corrected chi connectivity index (χ2v) is 11.5. The Morgan fingerprint density at radius 2 is 1.69 bits per heavy atom. The molecule has 12 heteroatoms. The summed E-state index contributed by atoms with van der Waals surface area (Å²) < 4.78 is 34.2. The van der Waals surface area contributed by atoms with Crippen LogP contribution in [0.15, 0.2) is 77.7 Å². The Labute approximate surface area is 246 Å². The highest BCUT2D eigenvalue weighted by atomic mass is 32.2. The van der Waals surface area contributed by atoms with Gasteiger partial charge in [0.15, 0.2) is 0 Å². The molecule has 11 nitrogen and oxygen atoms in total. The van der Waals surface area contributed by atoms with Gasteiger partial charge in [0.1, 0.15) is 18.3 Å². The number of nitrogens with one attached hydrogen (secondary N) is 1. The smallest absolute Gasteiger partial charge is 0.273 e. The number of amides is 2. The number of benzene rings is 3. The molecule has 1 N–H and O–H groups in total. The minimum Gasteiger partial charge on any atom is -0.497 e. The topological polar surface area (TPSA) is 139 Å². The first kappa shape index (κ1) is 32.1. The maximum absolute atomic E-state index is 14.0. The van der Waals surface area contributed by atoms with Gasteiger partial charge in [-0.2, -0.15) is 0 Å². The van der Waals surface area contributed by atoms with Gasteiger partial charge in [0.25, 0.3) is 15.7 Å². The van der Waals surface area contributed by atoms with Gasteiger partial charge in [0, 0.05) is 24.7 Å². The molecule has 0 aliphatic rings. The van der Waals surface area contributed by atoms with Gasteiger partial charge in [0.05, 0.1) is 22.6 Å². The molecule has 0 aliphatic heterocycles. The van der Waals surface area contributed by atoms with E-state index in [1.54, 1.807) is 19.1 Å². The summed E-state index contributed by atoms with van der Waals surface area (Å²) in [5.41, 5.74) is 0.849. The minimum atomic E-state index is -4.47. The zero-order valence-electron chi connectivity index (χ0n) is 24.1. The molecule has 3 aromatic rings. The van der Waals surface area contributed by atoms with E-state index in [1.165, 1.54) is 43.2 Å². The van der Waals surface area contributed by atoms with Crippen LogP contribution >= 0.6 is 0 Å². The number of anilines is 1. The van der Waals surface area contributed by atoms with Crippen LogP contribution in [0.25, 0.3) is 0 Å². The maximum atomic E-state index is 14.0. The second kappa shape index (κ2) is 14.4. The molecule has 3 rings (SSSR count). The molecule has 0 radical (unpaired) electrons. The molecule has 224 valence electrons. The lowest BCUT2D eigenvalue weighted by Gasteiger charge is -2.33. The molecule has 42 heavy (non-hydrogen) atoms. The van der Waals surface area contributed by atoms with Crippen LogP contribution in [0.5, 0.6) is 5.75 Å². The number of nitro benzene ring substituents is 1. The Balaban J connectivity index is 2.10. The normalized spacial score (nSPS) is 11.8. The van der Waals surface area contributed by atoms with Crippen molar-refractivity contribution in [3.63, 3.8) is 0 Å². The fourth-order valence-electron chi connectivity index (χ4n) is 4.42. The molecule has 0 aliphatic carbocycles. The number of nitrogens with zero attached hydrogens (tertiary/aromatic N) is 3. The summed E-state index contributed by atoms with van der Waals surface area (Å²) in [6.07, 6.45) is 1.01. The van der Waals surface area contributed by atoms with E-state index in [0.717, 1.165) is 15.9 Å². The third-order valence-corrected chi connectivity index (χ3v) is 8.51. The first-order valence-corrected chi connectivity index (χ1v) is 15.0. The van der Waals surface area contributed by atoms with Crippen molar-refractivity contribution < 1.29 is 27.7 Å². The highest BCUT2D eigenvalue weighted by Crippen LogP contribution is 2.29. The van der Waals surface area contributed by atoms with Gasteiger partial charge >= 0.3 is 0 Å². The lowest BCUT2D eigenvalue weighted by atomic mass is 10.1. The minimum absolute atomic E-state index is 0.0736. The van der Waals surface area contributed by atoms with Crippen molar-refractivity contribution in [2.24, 2.45) is 0 Å². The first-order chi connectivity index (χ1) is 20.0. The van der Waals surface area contributed by atoms with Gasteiger partial charge in [0.2, 0.25) is 11.8 Å². The quantitative estimate of drug-likeness (QED) is 0.214. The number of rotatable bonds is 14. The van der Waals surface area contributed by atoms with E-state index in [4.69, 9.17) is 4.74 Å². The standard InChI is InChI=1S/C30H36N4O7S/c1-5-18-31-30(36)27(6-2)32(20-23-10-8-7-9-11-23)29(35)21-33(24-13-15-25(41-4)16-14-24)42(39,40)26-17-12-22(3)28(19-26)34(37)38/h7-17,19,27H,5-6,18,20-21H2,1-4H3,(H,31,36). The Kier molecular flexibility index (Phi) is 11.0. The number of hydrogen-bond acceptors (Lipinski definition) is 7. The molecule has 1 unspecified atom stereocenters. The van der Waals surface area contributed by atoms with E-state index < -0.39 is 33.4 Å². The molecule has 0 bridgehead atoms. The fourth-order valence-corrected chi connectivity index (χ4v) is 5.85. The zero-order chi connectivity index (χ0) is 30.9. The van der Waals surface area contributed by atoms with Crippen LogP contribution in [-0.4, -0.2) is 56.3 Å². The number of carbonyl (C=O) groups excluding carboxylic acids is 2. The monoisotopic (exact) mass is 596 g/mol. The van der Waals surface area contributed by atoms with E-state index in [2.05, 4.69) is 5.32 Å². The molecule has 0 saturated heterocycles. The number of hydrogen-bond donors (Lipinski definition) is 1. The average Bonchev–Trinajstić information content (AvgIpc) is 2.99. The molecule has 0 spiro atoms. The number of carbonyl (C=O) groups is 2. The van der Waals surface area contributed by atoms with Crippen molar-refractivity contribution in [1.82, 2.24) is 10.2 Å². The van der Waals surface area contributed by atoms with Crippen molar-refractivity contribution in [2.45, 2.75) is 51.1 Å². The van der Waals surface area contributed by atoms with Gasteiger partial charge in [-0.3, -0.25) is 24.0 Å². The summed E-state index contributed by atoms with van der Waals surface area (Å²) in [4.78, 5) is 39.1. The molecule has 1 atom stereocenters. The molecule has 2 amide bonds. The number of aryl methyl sites for hydroxylation is 1. The number of sulfonamides is 1. The predicted octanol–water partition coefficient (Wildman–Crippen LogP) is 4.44. The van der Waals surface area contributed by atoms with Crippen LogP contribution in [0.2, 0.25) is 0 Å². The second-order valence-electron chi connectivity index (χ2n) is 9.64. The Hall–Kier alpha value is -4.45. The predicted molar refractivity (Wildman–Crippen MR) is 160 cm³/mol. The SMILES string of the molecule is CCCNC(=O)C(CC)N(Cc1ccccc1)C(=O)CN(c1ccc(OC)cc1)S(=O)(=O)c1ccc(C)c([N+](=O)[O-])c1. The molecule has 0 fully saturated rings. The average molecular weight is 597 g/mol. The number of methoxy groups -OCH3 is 1. The zero-order valence-corrected chi connectivity index (χ0v) is 25.0. The van der Waals surface area contributed by atoms with Crippen molar-refractivity contribution in [2.75, 3.05) is 24.5 Å². The van der Waals surface area contributed by atoms with Crippen LogP contribution in [0.1, 0.15) is 37.8 Å². The van der Waals surface area contributed by atoms with Crippen molar-refractivity contribution >= 4 is 33.2 Å². The highest BCUT2D eigenvalue weighted by Gasteiger charge is 2.34. The van der Waals surface area contributed by atoms with E-state index in [1.807, 2.05) is 37.3 Å². The van der Waals surface area contributed by atoms with Crippen molar-refractivity contribution in [3.05, 3.63) is 94.0 Å². The van der Waals surface area contributed by atoms with Crippen LogP contribution in [0.4, 0.5) is 11.4 Å². The molecule has 0 aromatic heterocycles. The van der Waals surface area contributed by atoms with E-state index >= 15 is 0 Å². The summed E-state index contributed by atoms with van der Waals surface area (Å²) in [6.45, 7) is 5.06. The summed E-state index contributed by atoms with van der Waals surface area (Å²) in [5.74, 6) is -0.479. The molecule has 3 aromatic carbocycles. The molecular weight excluding hydrogens is 560 g/mol. The summed E-state index contributed by atoms with van der Waals surface area (Å²) in [5, 5.41) is 14.4. The third kappa shape index (κ3) is 7.64. The molecular formula is C30H36N4O7S. The third-order valence-electron chi connectivity index (χ3n) is 6.74. The largest absolute Gasteiger partial charge is 0.497 e. The van der Waals surface area contributed by atoms with Crippen LogP contribution in [0, 0.1) is 17.0 Å². The van der Waals surface area contributed by atoms with Crippen molar-refractivity contribution in [1.29, 1.82) is 0 Å². The fraction of sp³-hybridized carbons (Fsp3) is 0.333. The number of ether oxygens (including phenoxy) is 1. The van der Waals surface area contributed by atoms with Gasteiger partial charge < -0.3 is 15.0 Å². The highest BCUT2D eigenvalue weighted by molar-refractivity contribution is 7.92. The first-order valence-electron chi connectivity index (χ1n) is 13.6. The van der Waals surface area contributed by atoms with Gasteiger partial charge in [-0.15, -0.1) is 0 Å². The summed E-state index contributed by atoms with van der Waals surface area (Å²) >= 11 is 0. The summed E-state index contributed by atoms with van der Waals surface area (Å²) in [7, 11) is -3.01. The van der Waals surface area contributed by atoms with E-state index in [-0.39, 0.29) is 28.7 Å². The molecule has 0 saturated carbocycles. The number of nitro groups is 1. The van der Waals surface area contributed by atoms with Crippen LogP contribution in [0.3, 0.4) is 0 Å². The summed E-state index contributed by atoms with van der Waals surface area (Å²) in [6, 6.07) is 17.9. The maximum Gasteiger partial charge on any atom is 0.273 e. The van der Waals surface area contributed by atoms with Gasteiger partial charge in [-0.1, -0.05) is 50.2 Å². The van der Waals surface area contributed by atoms with Crippen molar-refractivity contribution in [3.8, 4) is 5.75 Å². The molecule has 0 heterocycles. The Bertz CT molecular complexity index is 1500. The Morgan fingerprint density at radius 3 is 2.26 bits per heavy atom. The van der Waals surface area contributed by atoms with Crippen LogP contribution in [-0.2, 0) is 26.2 Å².